The maximum atomic E-state index is 12.7. The lowest BCUT2D eigenvalue weighted by Gasteiger charge is -2.20. The van der Waals surface area contributed by atoms with Crippen LogP contribution in [-0.2, 0) is 4.79 Å². The number of aliphatic carboxylic acids is 1. The SMILES string of the molecule is CC1(C(=O)O)CCN(C(=O)c2cccc(-c3noc(C4CC4)n3)c2)C1. The Morgan fingerprint density at radius 2 is 2.16 bits per heavy atom. The van der Waals surface area contributed by atoms with E-state index in [-0.39, 0.29) is 12.5 Å². The van der Waals surface area contributed by atoms with Crippen molar-refractivity contribution in [1.29, 1.82) is 0 Å². The molecule has 4 rings (SSSR count). The van der Waals surface area contributed by atoms with Crippen molar-refractivity contribution in [2.75, 3.05) is 13.1 Å². The molecule has 1 saturated carbocycles. The molecule has 0 bridgehead atoms. The van der Waals surface area contributed by atoms with Gasteiger partial charge in [0.15, 0.2) is 0 Å². The highest BCUT2D eigenvalue weighted by molar-refractivity contribution is 5.96. The summed E-state index contributed by atoms with van der Waals surface area (Å²) in [5, 5.41) is 13.3. The summed E-state index contributed by atoms with van der Waals surface area (Å²) in [5.74, 6) is 0.481. The van der Waals surface area contributed by atoms with Crippen molar-refractivity contribution in [3.8, 4) is 11.4 Å². The molecule has 1 unspecified atom stereocenters. The van der Waals surface area contributed by atoms with Gasteiger partial charge in [-0.3, -0.25) is 9.59 Å². The van der Waals surface area contributed by atoms with Crippen LogP contribution in [0.5, 0.6) is 0 Å². The van der Waals surface area contributed by atoms with Crippen LogP contribution in [0.3, 0.4) is 0 Å². The number of carbonyl (C=O) groups excluding carboxylic acids is 1. The van der Waals surface area contributed by atoms with Crippen molar-refractivity contribution in [3.05, 3.63) is 35.7 Å². The smallest absolute Gasteiger partial charge is 0.311 e. The molecule has 2 aliphatic rings. The molecule has 1 aromatic heterocycles. The van der Waals surface area contributed by atoms with Gasteiger partial charge in [0.05, 0.1) is 5.41 Å². The third kappa shape index (κ3) is 2.90. The second-order valence-electron chi connectivity index (χ2n) is 7.15. The maximum Gasteiger partial charge on any atom is 0.311 e. The summed E-state index contributed by atoms with van der Waals surface area (Å²) in [5.41, 5.74) is 0.353. The Balaban J connectivity index is 1.54. The van der Waals surface area contributed by atoms with Crippen LogP contribution in [0.25, 0.3) is 11.4 Å². The molecule has 1 amide bonds. The van der Waals surface area contributed by atoms with E-state index in [1.165, 1.54) is 0 Å². The topological polar surface area (TPSA) is 96.5 Å². The number of carboxylic acid groups (broad SMARTS) is 1. The third-order valence-corrected chi connectivity index (χ3v) is 5.01. The van der Waals surface area contributed by atoms with Gasteiger partial charge in [0, 0.05) is 30.1 Å². The van der Waals surface area contributed by atoms with Crippen molar-refractivity contribution >= 4 is 11.9 Å². The molecule has 2 fully saturated rings. The summed E-state index contributed by atoms with van der Waals surface area (Å²) in [6.45, 7) is 2.34. The summed E-state index contributed by atoms with van der Waals surface area (Å²) in [7, 11) is 0. The van der Waals surface area contributed by atoms with Crippen LogP contribution < -0.4 is 0 Å². The van der Waals surface area contributed by atoms with E-state index in [0.717, 1.165) is 18.4 Å². The molecule has 1 saturated heterocycles. The second-order valence-corrected chi connectivity index (χ2v) is 7.15. The number of hydrogen-bond donors (Lipinski definition) is 1. The molecular formula is C18H19N3O4. The third-order valence-electron chi connectivity index (χ3n) is 5.01. The fourth-order valence-electron chi connectivity index (χ4n) is 3.13. The Hall–Kier alpha value is -2.70. The van der Waals surface area contributed by atoms with E-state index in [4.69, 9.17) is 4.52 Å². The van der Waals surface area contributed by atoms with Crippen molar-refractivity contribution < 1.29 is 19.2 Å². The number of amides is 1. The number of nitrogens with zero attached hydrogens (tertiary/aromatic N) is 3. The van der Waals surface area contributed by atoms with E-state index in [9.17, 15) is 14.7 Å². The molecule has 1 aliphatic carbocycles. The van der Waals surface area contributed by atoms with Crippen LogP contribution in [0, 0.1) is 5.41 Å². The second kappa shape index (κ2) is 5.68. The monoisotopic (exact) mass is 341 g/mol. The molecule has 2 aromatic rings. The number of carbonyl (C=O) groups is 2. The molecule has 1 aromatic carbocycles. The number of rotatable bonds is 4. The zero-order valence-electron chi connectivity index (χ0n) is 13.9. The van der Waals surface area contributed by atoms with Gasteiger partial charge in [0.25, 0.3) is 5.91 Å². The molecule has 0 radical (unpaired) electrons. The maximum absolute atomic E-state index is 12.7. The summed E-state index contributed by atoms with van der Waals surface area (Å²) in [6.07, 6.45) is 2.62. The minimum absolute atomic E-state index is 0.169. The first-order valence-corrected chi connectivity index (χ1v) is 8.43. The Kier molecular flexibility index (Phi) is 3.59. The van der Waals surface area contributed by atoms with Crippen LogP contribution >= 0.6 is 0 Å². The lowest BCUT2D eigenvalue weighted by molar-refractivity contribution is -0.147. The highest BCUT2D eigenvalue weighted by atomic mass is 16.5. The van der Waals surface area contributed by atoms with Crippen molar-refractivity contribution in [2.24, 2.45) is 5.41 Å². The van der Waals surface area contributed by atoms with Crippen LogP contribution in [-0.4, -0.2) is 45.1 Å². The van der Waals surface area contributed by atoms with Crippen LogP contribution in [0.15, 0.2) is 28.8 Å². The number of carboxylic acids is 1. The zero-order valence-corrected chi connectivity index (χ0v) is 13.9. The van der Waals surface area contributed by atoms with Crippen LogP contribution in [0.4, 0.5) is 0 Å². The standard InChI is InChI=1S/C18H19N3O4/c1-18(17(23)24)7-8-21(10-18)16(22)13-4-2-3-12(9-13)14-19-15(25-20-14)11-5-6-11/h2-4,9,11H,5-8,10H2,1H3,(H,23,24). The Labute approximate surface area is 144 Å². The van der Waals surface area contributed by atoms with Gasteiger partial charge in [-0.05, 0) is 38.3 Å². The van der Waals surface area contributed by atoms with E-state index < -0.39 is 11.4 Å². The molecule has 1 atom stereocenters. The number of hydrogen-bond acceptors (Lipinski definition) is 5. The predicted molar refractivity (Wildman–Crippen MR) is 88.0 cm³/mol. The number of benzene rings is 1. The molecule has 2 heterocycles. The van der Waals surface area contributed by atoms with Gasteiger partial charge in [0.1, 0.15) is 0 Å². The summed E-state index contributed by atoms with van der Waals surface area (Å²) in [4.78, 5) is 30.1. The van der Waals surface area contributed by atoms with E-state index >= 15 is 0 Å². The molecule has 130 valence electrons. The van der Waals surface area contributed by atoms with Gasteiger partial charge in [0.2, 0.25) is 11.7 Å². The first-order valence-electron chi connectivity index (χ1n) is 8.43. The minimum atomic E-state index is -0.875. The molecule has 0 spiro atoms. The molecule has 1 aliphatic heterocycles. The zero-order chi connectivity index (χ0) is 17.6. The van der Waals surface area contributed by atoms with Gasteiger partial charge >= 0.3 is 5.97 Å². The Morgan fingerprint density at radius 3 is 2.84 bits per heavy atom. The quantitative estimate of drug-likeness (QED) is 0.918. The van der Waals surface area contributed by atoms with E-state index in [0.29, 0.717) is 36.2 Å². The molecule has 1 N–H and O–H groups in total. The highest BCUT2D eigenvalue weighted by Gasteiger charge is 2.42. The van der Waals surface area contributed by atoms with Gasteiger partial charge in [-0.1, -0.05) is 17.3 Å². The summed E-state index contributed by atoms with van der Waals surface area (Å²) >= 11 is 0. The molecule has 7 heteroatoms. The number of aromatic nitrogens is 2. The van der Waals surface area contributed by atoms with Crippen LogP contribution in [0.2, 0.25) is 0 Å². The van der Waals surface area contributed by atoms with Crippen molar-refractivity contribution in [2.45, 2.75) is 32.1 Å². The Morgan fingerprint density at radius 1 is 1.36 bits per heavy atom. The normalized spacial score (nSPS) is 23.0. The van der Waals surface area contributed by atoms with Crippen molar-refractivity contribution in [1.82, 2.24) is 15.0 Å². The summed E-state index contributed by atoms with van der Waals surface area (Å²) in [6, 6.07) is 7.08. The molecule has 7 nitrogen and oxygen atoms in total. The Bertz CT molecular complexity index is 842. The number of likely N-dealkylation sites (tertiary alicyclic amines) is 1. The first kappa shape index (κ1) is 15.8. The molecule has 25 heavy (non-hydrogen) atoms. The largest absolute Gasteiger partial charge is 0.481 e. The summed E-state index contributed by atoms with van der Waals surface area (Å²) < 4.78 is 5.28. The van der Waals surface area contributed by atoms with Crippen LogP contribution in [0.1, 0.15) is 48.4 Å². The molecular weight excluding hydrogens is 322 g/mol. The van der Waals surface area contributed by atoms with E-state index in [1.807, 2.05) is 6.07 Å². The first-order chi connectivity index (χ1) is 12.0. The van der Waals surface area contributed by atoms with E-state index in [2.05, 4.69) is 10.1 Å². The lowest BCUT2D eigenvalue weighted by Crippen LogP contribution is -2.34. The fourth-order valence-corrected chi connectivity index (χ4v) is 3.13. The highest BCUT2D eigenvalue weighted by Crippen LogP contribution is 2.39. The van der Waals surface area contributed by atoms with Gasteiger partial charge in [-0.25, -0.2) is 0 Å². The van der Waals surface area contributed by atoms with Gasteiger partial charge < -0.3 is 14.5 Å². The fraction of sp³-hybridized carbons (Fsp3) is 0.444. The van der Waals surface area contributed by atoms with Gasteiger partial charge in [-0.15, -0.1) is 0 Å². The van der Waals surface area contributed by atoms with Gasteiger partial charge in [-0.2, -0.15) is 4.98 Å². The average Bonchev–Trinajstić information content (AvgIpc) is 3.19. The van der Waals surface area contributed by atoms with Crippen molar-refractivity contribution in [3.63, 3.8) is 0 Å². The predicted octanol–water partition coefficient (Wildman–Crippen LogP) is 2.55. The lowest BCUT2D eigenvalue weighted by atomic mass is 9.90. The minimum Gasteiger partial charge on any atom is -0.481 e. The average molecular weight is 341 g/mol. The van der Waals surface area contributed by atoms with E-state index in [1.54, 1.807) is 30.0 Å².